The fourth-order valence-electron chi connectivity index (χ4n) is 0.262. The van der Waals surface area contributed by atoms with E-state index in [1.165, 1.54) is 0 Å². The summed E-state index contributed by atoms with van der Waals surface area (Å²) in [6.07, 6.45) is 1.53. The largest absolute Gasteiger partial charge is 0.317 e. The molecule has 0 spiro atoms. The maximum atomic E-state index is 9.73. The Hall–Kier alpha value is -0.0800. The zero-order chi connectivity index (χ0) is 5.70. The highest BCUT2D eigenvalue weighted by atomic mass is 35.5. The molecule has 1 atom stereocenters. The van der Waals surface area contributed by atoms with Crippen molar-refractivity contribution in [3.8, 4) is 0 Å². The molecule has 8 heavy (non-hydrogen) atoms. The number of carbonyl (C=O) groups is 1. The van der Waals surface area contributed by atoms with Gasteiger partial charge in [-0.2, -0.15) is 0 Å². The molecule has 1 N–H and O–H groups in total. The monoisotopic (exact) mass is 137 g/mol. The summed E-state index contributed by atoms with van der Waals surface area (Å²) in [6, 6.07) is 0.331. The second-order valence-electron chi connectivity index (χ2n) is 1.59. The van der Waals surface area contributed by atoms with Crippen LogP contribution >= 0.6 is 12.4 Å². The molecule has 0 aromatic rings. The molecule has 3 heteroatoms. The molecular weight excluding hydrogens is 126 g/mol. The van der Waals surface area contributed by atoms with E-state index in [0.717, 1.165) is 6.29 Å². The highest BCUT2D eigenvalue weighted by Gasteiger charge is 1.91. The summed E-state index contributed by atoms with van der Waals surface area (Å²) in [5.41, 5.74) is 0. The van der Waals surface area contributed by atoms with Crippen LogP contribution < -0.4 is 5.32 Å². The maximum absolute atomic E-state index is 9.73. The number of hydrogen-bond acceptors (Lipinski definition) is 2. The zero-order valence-electron chi connectivity index (χ0n) is 5.18. The molecule has 0 aromatic carbocycles. The number of hydrogen-bond donors (Lipinski definition) is 1. The molecule has 50 valence electrons. The van der Waals surface area contributed by atoms with Crippen LogP contribution in [0.3, 0.4) is 0 Å². The van der Waals surface area contributed by atoms with E-state index in [0.29, 0.717) is 12.5 Å². The third-order valence-electron chi connectivity index (χ3n) is 0.943. The second kappa shape index (κ2) is 6.92. The van der Waals surface area contributed by atoms with Crippen LogP contribution in [0, 0.1) is 0 Å². The van der Waals surface area contributed by atoms with E-state index in [4.69, 9.17) is 0 Å². The molecule has 0 fully saturated rings. The van der Waals surface area contributed by atoms with Crippen LogP contribution in [0.4, 0.5) is 0 Å². The Labute approximate surface area is 56.1 Å². The average molecular weight is 138 g/mol. The van der Waals surface area contributed by atoms with Crippen molar-refractivity contribution in [3.63, 3.8) is 0 Å². The van der Waals surface area contributed by atoms with Crippen molar-refractivity contribution in [2.75, 3.05) is 7.05 Å². The fraction of sp³-hybridized carbons (Fsp3) is 0.800. The first-order valence-corrected chi connectivity index (χ1v) is 2.42. The molecule has 0 aromatic heterocycles. The van der Waals surface area contributed by atoms with Crippen molar-refractivity contribution < 1.29 is 4.79 Å². The molecule has 1 unspecified atom stereocenters. The van der Waals surface area contributed by atoms with Gasteiger partial charge in [0.1, 0.15) is 6.29 Å². The minimum absolute atomic E-state index is 0. The van der Waals surface area contributed by atoms with Crippen LogP contribution in [0.5, 0.6) is 0 Å². The number of rotatable bonds is 3. The topological polar surface area (TPSA) is 29.1 Å². The summed E-state index contributed by atoms with van der Waals surface area (Å²) < 4.78 is 0. The highest BCUT2D eigenvalue weighted by molar-refractivity contribution is 5.85. The van der Waals surface area contributed by atoms with E-state index in [-0.39, 0.29) is 12.4 Å². The van der Waals surface area contributed by atoms with Crippen molar-refractivity contribution in [2.45, 2.75) is 19.4 Å². The first-order valence-electron chi connectivity index (χ1n) is 2.42. The van der Waals surface area contributed by atoms with Crippen LogP contribution in [0.2, 0.25) is 0 Å². The molecule has 0 rings (SSSR count). The molecule has 0 saturated heterocycles. The summed E-state index contributed by atoms with van der Waals surface area (Å²) >= 11 is 0. The van der Waals surface area contributed by atoms with Gasteiger partial charge in [0.25, 0.3) is 0 Å². The summed E-state index contributed by atoms with van der Waals surface area (Å²) in [5, 5.41) is 2.93. The standard InChI is InChI=1S/C5H11NO.ClH/c1-5(6-2)3-4-7;/h4-6H,3H2,1-2H3;1H. The summed E-state index contributed by atoms with van der Waals surface area (Å²) in [4.78, 5) is 9.73. The molecule has 0 bridgehead atoms. The van der Waals surface area contributed by atoms with Gasteiger partial charge in [0.2, 0.25) is 0 Å². The van der Waals surface area contributed by atoms with Gasteiger partial charge in [-0.05, 0) is 14.0 Å². The molecule has 0 aliphatic carbocycles. The van der Waals surface area contributed by atoms with E-state index in [1.807, 2.05) is 14.0 Å². The first-order chi connectivity index (χ1) is 3.31. The summed E-state index contributed by atoms with van der Waals surface area (Å²) in [6.45, 7) is 1.97. The van der Waals surface area contributed by atoms with E-state index in [2.05, 4.69) is 5.32 Å². The van der Waals surface area contributed by atoms with Crippen molar-refractivity contribution >= 4 is 18.7 Å². The fourth-order valence-corrected chi connectivity index (χ4v) is 0.262. The minimum atomic E-state index is 0. The lowest BCUT2D eigenvalue weighted by molar-refractivity contribution is -0.108. The molecule has 0 aliphatic heterocycles. The Kier molecular flexibility index (Phi) is 9.36. The Bertz CT molecular complexity index is 58.4. The molecule has 0 aliphatic rings. The Morgan fingerprint density at radius 1 is 1.75 bits per heavy atom. The van der Waals surface area contributed by atoms with Gasteiger partial charge in [-0.15, -0.1) is 12.4 Å². The second-order valence-corrected chi connectivity index (χ2v) is 1.59. The van der Waals surface area contributed by atoms with Crippen molar-refractivity contribution in [1.82, 2.24) is 5.32 Å². The molecule has 0 amide bonds. The number of halogens is 1. The van der Waals surface area contributed by atoms with Gasteiger partial charge < -0.3 is 10.1 Å². The predicted octanol–water partition coefficient (Wildman–Crippen LogP) is 0.605. The van der Waals surface area contributed by atoms with Gasteiger partial charge >= 0.3 is 0 Å². The van der Waals surface area contributed by atoms with Crippen molar-refractivity contribution in [3.05, 3.63) is 0 Å². The van der Waals surface area contributed by atoms with Crippen LogP contribution in [0.1, 0.15) is 13.3 Å². The van der Waals surface area contributed by atoms with E-state index in [9.17, 15) is 4.79 Å². The molecule has 0 radical (unpaired) electrons. The lowest BCUT2D eigenvalue weighted by Gasteiger charge is -2.01. The lowest BCUT2D eigenvalue weighted by atomic mass is 10.3. The maximum Gasteiger partial charge on any atom is 0.121 e. The van der Waals surface area contributed by atoms with Gasteiger partial charge in [-0.3, -0.25) is 0 Å². The quantitative estimate of drug-likeness (QED) is 0.578. The average Bonchev–Trinajstić information content (AvgIpc) is 1.68. The van der Waals surface area contributed by atoms with Gasteiger partial charge in [0.15, 0.2) is 0 Å². The van der Waals surface area contributed by atoms with Crippen LogP contribution in [-0.2, 0) is 4.79 Å². The third kappa shape index (κ3) is 5.92. The summed E-state index contributed by atoms with van der Waals surface area (Å²) in [7, 11) is 1.84. The van der Waals surface area contributed by atoms with E-state index < -0.39 is 0 Å². The van der Waals surface area contributed by atoms with Gasteiger partial charge in [0, 0.05) is 12.5 Å². The Balaban J connectivity index is 0. The molecule has 2 nitrogen and oxygen atoms in total. The van der Waals surface area contributed by atoms with Crippen molar-refractivity contribution in [2.24, 2.45) is 0 Å². The lowest BCUT2D eigenvalue weighted by Crippen LogP contribution is -2.20. The Morgan fingerprint density at radius 2 is 2.25 bits per heavy atom. The predicted molar refractivity (Wildman–Crippen MR) is 36.5 cm³/mol. The number of carbonyl (C=O) groups excluding carboxylic acids is 1. The van der Waals surface area contributed by atoms with Crippen LogP contribution in [0.15, 0.2) is 0 Å². The normalized spacial score (nSPS) is 11.8. The zero-order valence-corrected chi connectivity index (χ0v) is 5.99. The number of nitrogens with one attached hydrogen (secondary N) is 1. The minimum Gasteiger partial charge on any atom is -0.317 e. The Morgan fingerprint density at radius 3 is 2.38 bits per heavy atom. The van der Waals surface area contributed by atoms with Crippen LogP contribution in [-0.4, -0.2) is 19.4 Å². The highest BCUT2D eigenvalue weighted by Crippen LogP contribution is 1.80. The molecule has 0 heterocycles. The summed E-state index contributed by atoms with van der Waals surface area (Å²) in [5.74, 6) is 0. The number of aldehydes is 1. The van der Waals surface area contributed by atoms with E-state index >= 15 is 0 Å². The first kappa shape index (κ1) is 10.8. The third-order valence-corrected chi connectivity index (χ3v) is 0.943. The van der Waals surface area contributed by atoms with Gasteiger partial charge in [-0.25, -0.2) is 0 Å². The van der Waals surface area contributed by atoms with E-state index in [1.54, 1.807) is 0 Å². The van der Waals surface area contributed by atoms with Gasteiger partial charge in [0.05, 0.1) is 0 Å². The van der Waals surface area contributed by atoms with Crippen LogP contribution in [0.25, 0.3) is 0 Å². The molecular formula is C5H12ClNO. The van der Waals surface area contributed by atoms with Crippen molar-refractivity contribution in [1.29, 1.82) is 0 Å². The molecule has 0 saturated carbocycles. The SMILES string of the molecule is CNC(C)CC=O.Cl. The van der Waals surface area contributed by atoms with Gasteiger partial charge in [-0.1, -0.05) is 0 Å². The smallest absolute Gasteiger partial charge is 0.121 e.